The molecule has 0 radical (unpaired) electrons. The Labute approximate surface area is 175 Å². The summed E-state index contributed by atoms with van der Waals surface area (Å²) in [7, 11) is -3.47. The summed E-state index contributed by atoms with van der Waals surface area (Å²) in [4.78, 5) is 2.82. The zero-order valence-electron chi connectivity index (χ0n) is 17.6. The Kier molecular flexibility index (Phi) is 6.61. The lowest BCUT2D eigenvalue weighted by Crippen LogP contribution is -2.45. The second-order valence-corrected chi connectivity index (χ2v) is 10.9. The number of hydrogen-bond acceptors (Lipinski definition) is 5. The van der Waals surface area contributed by atoms with E-state index in [2.05, 4.69) is 18.7 Å². The van der Waals surface area contributed by atoms with Crippen molar-refractivity contribution in [1.82, 2.24) is 9.21 Å². The third-order valence-electron chi connectivity index (χ3n) is 6.55. The average molecular weight is 423 g/mol. The molecule has 6 nitrogen and oxygen atoms in total. The van der Waals surface area contributed by atoms with E-state index in [-0.39, 0.29) is 12.2 Å². The summed E-state index contributed by atoms with van der Waals surface area (Å²) in [6.45, 7) is 9.87. The van der Waals surface area contributed by atoms with Crippen LogP contribution in [0.25, 0.3) is 0 Å². The van der Waals surface area contributed by atoms with Crippen LogP contribution in [0.4, 0.5) is 0 Å². The summed E-state index contributed by atoms with van der Waals surface area (Å²) in [6, 6.07) is 7.35. The zero-order valence-corrected chi connectivity index (χ0v) is 18.4. The normalized spacial score (nSPS) is 29.7. The highest BCUT2D eigenvalue weighted by Gasteiger charge is 2.42. The number of rotatable bonds is 5. The molecule has 0 bridgehead atoms. The third kappa shape index (κ3) is 4.85. The van der Waals surface area contributed by atoms with Gasteiger partial charge in [-0.25, -0.2) is 8.42 Å². The minimum atomic E-state index is -3.47. The Morgan fingerprint density at radius 1 is 1.10 bits per heavy atom. The summed E-state index contributed by atoms with van der Waals surface area (Å²) in [6.07, 6.45) is 3.21. The van der Waals surface area contributed by atoms with E-state index in [1.807, 2.05) is 12.1 Å². The van der Waals surface area contributed by atoms with E-state index in [1.165, 1.54) is 0 Å². The lowest BCUT2D eigenvalue weighted by molar-refractivity contribution is -0.00303. The molecule has 7 heteroatoms. The fraction of sp³-hybridized carbons (Fsp3) is 0.727. The molecule has 3 atom stereocenters. The number of benzene rings is 1. The van der Waals surface area contributed by atoms with Crippen LogP contribution in [0.3, 0.4) is 0 Å². The summed E-state index contributed by atoms with van der Waals surface area (Å²) in [5.41, 5.74) is 1.16. The first kappa shape index (κ1) is 21.2. The van der Waals surface area contributed by atoms with Crippen LogP contribution >= 0.6 is 0 Å². The van der Waals surface area contributed by atoms with Gasteiger partial charge in [-0.3, -0.25) is 4.90 Å². The predicted molar refractivity (Wildman–Crippen MR) is 113 cm³/mol. The van der Waals surface area contributed by atoms with Gasteiger partial charge >= 0.3 is 0 Å². The van der Waals surface area contributed by atoms with E-state index >= 15 is 0 Å². The molecule has 29 heavy (non-hydrogen) atoms. The van der Waals surface area contributed by atoms with Gasteiger partial charge in [0, 0.05) is 39.3 Å². The quantitative estimate of drug-likeness (QED) is 0.730. The van der Waals surface area contributed by atoms with Gasteiger partial charge in [0.2, 0.25) is 10.0 Å². The van der Waals surface area contributed by atoms with Crippen molar-refractivity contribution in [1.29, 1.82) is 0 Å². The van der Waals surface area contributed by atoms with Crippen LogP contribution in [0.1, 0.15) is 44.6 Å². The van der Waals surface area contributed by atoms with Gasteiger partial charge in [-0.05, 0) is 48.8 Å². The summed E-state index contributed by atoms with van der Waals surface area (Å²) < 4.78 is 39.8. The Balaban J connectivity index is 1.37. The molecule has 0 aromatic heterocycles. The highest BCUT2D eigenvalue weighted by atomic mass is 32.2. The van der Waals surface area contributed by atoms with E-state index in [1.54, 1.807) is 16.4 Å². The Bertz CT molecular complexity index is 773. The molecule has 1 unspecified atom stereocenters. The van der Waals surface area contributed by atoms with Crippen molar-refractivity contribution >= 4 is 10.0 Å². The molecule has 1 aromatic rings. The van der Waals surface area contributed by atoms with Crippen molar-refractivity contribution in [2.24, 2.45) is 5.92 Å². The number of ether oxygens (including phenoxy) is 2. The van der Waals surface area contributed by atoms with E-state index < -0.39 is 10.0 Å². The van der Waals surface area contributed by atoms with Crippen LogP contribution < -0.4 is 0 Å². The maximum Gasteiger partial charge on any atom is 0.243 e. The molecule has 3 aliphatic rings. The fourth-order valence-electron chi connectivity index (χ4n) is 4.78. The molecule has 0 spiro atoms. The van der Waals surface area contributed by atoms with Gasteiger partial charge in [-0.15, -0.1) is 0 Å². The molecule has 3 saturated heterocycles. The van der Waals surface area contributed by atoms with E-state index in [0.717, 1.165) is 57.7 Å². The second-order valence-electron chi connectivity index (χ2n) is 8.93. The highest BCUT2D eigenvalue weighted by molar-refractivity contribution is 7.89. The van der Waals surface area contributed by atoms with Gasteiger partial charge in [0.15, 0.2) is 0 Å². The van der Waals surface area contributed by atoms with E-state index in [4.69, 9.17) is 9.47 Å². The summed E-state index contributed by atoms with van der Waals surface area (Å²) in [5.74, 6) is 0.861. The number of sulfonamides is 1. The van der Waals surface area contributed by atoms with Crippen LogP contribution in [0.2, 0.25) is 0 Å². The maximum atomic E-state index is 13.1. The van der Waals surface area contributed by atoms with Crippen LogP contribution in [0, 0.1) is 5.92 Å². The number of nitrogens with zero attached hydrogens (tertiary/aromatic N) is 2. The number of piperidine rings is 1. The smallest absolute Gasteiger partial charge is 0.243 e. The molecule has 0 aliphatic carbocycles. The molecule has 162 valence electrons. The van der Waals surface area contributed by atoms with Crippen molar-refractivity contribution in [3.8, 4) is 0 Å². The molecule has 0 saturated carbocycles. The standard InChI is InChI=1S/C22H34N2O4S/c1-17(2)18-4-6-21(7-5-18)29(25,26)24-10-8-19-14-20(28-22(19)16-24)15-23-9-3-12-27-13-11-23/h4-7,17,19-20,22H,3,8-16H2,1-2H3/t19-,20?,22-/m0/s1. The van der Waals surface area contributed by atoms with Gasteiger partial charge in [-0.1, -0.05) is 26.0 Å². The molecule has 0 N–H and O–H groups in total. The molecule has 0 amide bonds. The van der Waals surface area contributed by atoms with E-state index in [9.17, 15) is 8.42 Å². The van der Waals surface area contributed by atoms with Gasteiger partial charge in [0.1, 0.15) is 0 Å². The van der Waals surface area contributed by atoms with Crippen LogP contribution in [-0.2, 0) is 19.5 Å². The van der Waals surface area contributed by atoms with Crippen molar-refractivity contribution in [3.63, 3.8) is 0 Å². The Hall–Kier alpha value is -0.990. The Morgan fingerprint density at radius 3 is 2.66 bits per heavy atom. The topological polar surface area (TPSA) is 59.1 Å². The van der Waals surface area contributed by atoms with Gasteiger partial charge in [0.05, 0.1) is 23.7 Å². The number of hydrogen-bond donors (Lipinski definition) is 0. The Morgan fingerprint density at radius 2 is 1.90 bits per heavy atom. The lowest BCUT2D eigenvalue weighted by Gasteiger charge is -2.33. The van der Waals surface area contributed by atoms with Crippen molar-refractivity contribution in [2.45, 2.75) is 56.1 Å². The number of fused-ring (bicyclic) bond motifs is 1. The fourth-order valence-corrected chi connectivity index (χ4v) is 6.25. The summed E-state index contributed by atoms with van der Waals surface area (Å²) in [5, 5.41) is 0. The van der Waals surface area contributed by atoms with Gasteiger partial charge in [0.25, 0.3) is 0 Å². The zero-order chi connectivity index (χ0) is 20.4. The van der Waals surface area contributed by atoms with Crippen molar-refractivity contribution in [2.75, 3.05) is 45.9 Å². The van der Waals surface area contributed by atoms with Crippen LogP contribution in [-0.4, -0.2) is 75.8 Å². The first-order valence-corrected chi connectivity index (χ1v) is 12.4. The van der Waals surface area contributed by atoms with Crippen molar-refractivity contribution < 1.29 is 17.9 Å². The average Bonchev–Trinajstić information content (AvgIpc) is 2.93. The SMILES string of the molecule is CC(C)c1ccc(S(=O)(=O)N2CC[C@H]3CC(CN4CCCOCC4)O[C@H]3C2)cc1. The van der Waals surface area contributed by atoms with Gasteiger partial charge < -0.3 is 9.47 Å². The van der Waals surface area contributed by atoms with E-state index in [0.29, 0.717) is 29.8 Å². The molecule has 1 aromatic carbocycles. The summed E-state index contributed by atoms with van der Waals surface area (Å²) >= 11 is 0. The predicted octanol–water partition coefficient (Wildman–Crippen LogP) is 2.70. The second kappa shape index (κ2) is 9.02. The molecule has 3 heterocycles. The minimum absolute atomic E-state index is 0.0155. The largest absolute Gasteiger partial charge is 0.380 e. The molecule has 3 aliphatic heterocycles. The third-order valence-corrected chi connectivity index (χ3v) is 8.43. The first-order valence-electron chi connectivity index (χ1n) is 11.0. The molecular weight excluding hydrogens is 388 g/mol. The first-order chi connectivity index (χ1) is 13.9. The van der Waals surface area contributed by atoms with Gasteiger partial charge in [-0.2, -0.15) is 4.31 Å². The van der Waals surface area contributed by atoms with Crippen LogP contribution in [0.5, 0.6) is 0 Å². The highest BCUT2D eigenvalue weighted by Crippen LogP contribution is 2.35. The monoisotopic (exact) mass is 422 g/mol. The van der Waals surface area contributed by atoms with Crippen molar-refractivity contribution in [3.05, 3.63) is 29.8 Å². The molecule has 3 fully saturated rings. The maximum absolute atomic E-state index is 13.1. The minimum Gasteiger partial charge on any atom is -0.380 e. The van der Waals surface area contributed by atoms with Crippen LogP contribution in [0.15, 0.2) is 29.2 Å². The lowest BCUT2D eigenvalue weighted by atomic mass is 9.93. The molecular formula is C22H34N2O4S. The molecule has 4 rings (SSSR count).